The van der Waals surface area contributed by atoms with Crippen LogP contribution in [0.1, 0.15) is 39.0 Å². The van der Waals surface area contributed by atoms with E-state index in [1.165, 1.54) is 0 Å². The molecule has 2 aliphatic rings. The van der Waals surface area contributed by atoms with Gasteiger partial charge < -0.3 is 15.2 Å². The number of aromatic nitrogens is 1. The molecule has 2 fully saturated rings. The third-order valence-corrected chi connectivity index (χ3v) is 7.26. The molecular formula is C26H28N4O2S. The van der Waals surface area contributed by atoms with E-state index < -0.39 is 6.04 Å². The van der Waals surface area contributed by atoms with E-state index in [0.717, 1.165) is 42.3 Å². The number of carbonyl (C=O) groups is 2. The minimum atomic E-state index is -0.592. The zero-order valence-corrected chi connectivity index (χ0v) is 19.5. The third-order valence-electron chi connectivity index (χ3n) is 6.86. The zero-order chi connectivity index (χ0) is 22.9. The van der Waals surface area contributed by atoms with E-state index in [9.17, 15) is 9.59 Å². The highest BCUT2D eigenvalue weighted by molar-refractivity contribution is 7.80. The van der Waals surface area contributed by atoms with Crippen LogP contribution in [0.4, 0.5) is 11.4 Å². The first-order chi connectivity index (χ1) is 16.0. The zero-order valence-electron chi connectivity index (χ0n) is 18.7. The van der Waals surface area contributed by atoms with Crippen molar-refractivity contribution in [3.05, 3.63) is 60.8 Å². The lowest BCUT2D eigenvalue weighted by molar-refractivity contribution is -0.125. The maximum Gasteiger partial charge on any atom is 0.256 e. The van der Waals surface area contributed by atoms with Crippen molar-refractivity contribution in [1.82, 2.24) is 9.88 Å². The number of rotatable bonds is 5. The lowest BCUT2D eigenvalue weighted by Crippen LogP contribution is -2.46. The predicted molar refractivity (Wildman–Crippen MR) is 135 cm³/mol. The minimum Gasteiger partial charge on any atom is -0.361 e. The molecule has 2 amide bonds. The molecule has 1 aliphatic heterocycles. The molecule has 1 aliphatic carbocycles. The lowest BCUT2D eigenvalue weighted by atomic mass is 9.86. The number of fused-ring (bicyclic) bond motifs is 1. The molecule has 1 aromatic heterocycles. The smallest absolute Gasteiger partial charge is 0.256 e. The van der Waals surface area contributed by atoms with E-state index in [4.69, 9.17) is 12.2 Å². The number of anilines is 2. The fourth-order valence-corrected chi connectivity index (χ4v) is 5.53. The summed E-state index contributed by atoms with van der Waals surface area (Å²) in [7, 11) is 0. The fourth-order valence-electron chi connectivity index (χ4n) is 5.06. The molecule has 6 nitrogen and oxygen atoms in total. The van der Waals surface area contributed by atoms with Crippen LogP contribution in [-0.4, -0.2) is 38.9 Å². The first kappa shape index (κ1) is 21.6. The molecule has 0 spiro atoms. The van der Waals surface area contributed by atoms with Gasteiger partial charge in [-0.3, -0.25) is 14.5 Å². The Morgan fingerprint density at radius 1 is 1.09 bits per heavy atom. The normalized spacial score (nSPS) is 23.4. The Morgan fingerprint density at radius 3 is 2.61 bits per heavy atom. The van der Waals surface area contributed by atoms with Crippen molar-refractivity contribution in [2.24, 2.45) is 5.92 Å². The highest BCUT2D eigenvalue weighted by atomic mass is 32.1. The number of nitrogens with zero attached hydrogens (tertiary/aromatic N) is 2. The highest BCUT2D eigenvalue weighted by Crippen LogP contribution is 2.35. The number of nitrogens with one attached hydrogen (secondary N) is 2. The van der Waals surface area contributed by atoms with Crippen molar-refractivity contribution in [2.45, 2.75) is 51.1 Å². The largest absolute Gasteiger partial charge is 0.361 e. The quantitative estimate of drug-likeness (QED) is 0.521. The van der Waals surface area contributed by atoms with Crippen LogP contribution in [0.3, 0.4) is 0 Å². The topological polar surface area (TPSA) is 68.4 Å². The van der Waals surface area contributed by atoms with Crippen LogP contribution in [-0.2, 0) is 9.59 Å². The van der Waals surface area contributed by atoms with Crippen molar-refractivity contribution in [1.29, 1.82) is 0 Å². The van der Waals surface area contributed by atoms with Crippen molar-refractivity contribution in [3.8, 4) is 0 Å². The average molecular weight is 461 g/mol. The number of hydrogen-bond acceptors (Lipinski definition) is 3. The van der Waals surface area contributed by atoms with Gasteiger partial charge in [0.2, 0.25) is 5.91 Å². The molecule has 3 aromatic rings. The number of H-pyrrole nitrogens is 1. The summed E-state index contributed by atoms with van der Waals surface area (Å²) in [5.41, 5.74) is 2.42. The van der Waals surface area contributed by atoms with Crippen LogP contribution < -0.4 is 10.2 Å². The summed E-state index contributed by atoms with van der Waals surface area (Å²) >= 11 is 5.83. The van der Waals surface area contributed by atoms with E-state index in [-0.39, 0.29) is 24.3 Å². The Bertz CT molecular complexity index is 1180. The summed E-state index contributed by atoms with van der Waals surface area (Å²) in [4.78, 5) is 33.4. The Balaban J connectivity index is 1.38. The molecule has 33 heavy (non-hydrogen) atoms. The molecule has 2 N–H and O–H groups in total. The first-order valence-corrected chi connectivity index (χ1v) is 12.0. The van der Waals surface area contributed by atoms with Crippen molar-refractivity contribution in [2.75, 3.05) is 10.2 Å². The molecule has 0 radical (unpaired) electrons. The molecule has 2 aromatic carbocycles. The standard InChI is InChI=1S/C26H28N4O2S/c1-17-7-11-21(12-8-17)29-23(25(32)30(26(29)33)20-5-3-2-4-6-20)16-24(31)28-19-10-9-18-13-14-27-22(18)15-19/h2-6,9-10,13-15,17,21,23,27H,7-8,11-12,16H2,1H3,(H,28,31). The lowest BCUT2D eigenvalue weighted by Gasteiger charge is -2.37. The van der Waals surface area contributed by atoms with E-state index in [1.54, 1.807) is 4.90 Å². The molecule has 1 atom stereocenters. The molecule has 170 valence electrons. The molecule has 7 heteroatoms. The second-order valence-electron chi connectivity index (χ2n) is 9.16. The van der Waals surface area contributed by atoms with Crippen LogP contribution >= 0.6 is 12.2 Å². The van der Waals surface area contributed by atoms with Crippen molar-refractivity contribution < 1.29 is 9.59 Å². The van der Waals surface area contributed by atoms with Gasteiger partial charge in [0.1, 0.15) is 6.04 Å². The second kappa shape index (κ2) is 8.98. The summed E-state index contributed by atoms with van der Waals surface area (Å²) in [5.74, 6) is 0.369. The van der Waals surface area contributed by atoms with E-state index in [0.29, 0.717) is 16.7 Å². The van der Waals surface area contributed by atoms with Crippen LogP contribution in [0.2, 0.25) is 0 Å². The second-order valence-corrected chi connectivity index (χ2v) is 9.53. The molecule has 0 bridgehead atoms. The van der Waals surface area contributed by atoms with Gasteiger partial charge in [-0.2, -0.15) is 0 Å². The molecule has 5 rings (SSSR count). The van der Waals surface area contributed by atoms with Gasteiger partial charge in [-0.05, 0) is 79.5 Å². The summed E-state index contributed by atoms with van der Waals surface area (Å²) in [6.07, 6.45) is 6.13. The number of aromatic amines is 1. The van der Waals surface area contributed by atoms with Gasteiger partial charge in [-0.1, -0.05) is 31.2 Å². The van der Waals surface area contributed by atoms with Crippen LogP contribution in [0.25, 0.3) is 10.9 Å². The Kier molecular flexibility index (Phi) is 5.89. The number of amides is 2. The van der Waals surface area contributed by atoms with Gasteiger partial charge >= 0.3 is 0 Å². The van der Waals surface area contributed by atoms with Crippen molar-refractivity contribution >= 4 is 51.4 Å². The Morgan fingerprint density at radius 2 is 1.85 bits per heavy atom. The highest BCUT2D eigenvalue weighted by Gasteiger charge is 2.47. The van der Waals surface area contributed by atoms with Crippen LogP contribution in [0.5, 0.6) is 0 Å². The fraction of sp³-hybridized carbons (Fsp3) is 0.346. The minimum absolute atomic E-state index is 0.0666. The van der Waals surface area contributed by atoms with Gasteiger partial charge in [0.25, 0.3) is 5.91 Å². The van der Waals surface area contributed by atoms with Gasteiger partial charge in [0.05, 0.1) is 12.1 Å². The first-order valence-electron chi connectivity index (χ1n) is 11.6. The van der Waals surface area contributed by atoms with Crippen LogP contribution in [0.15, 0.2) is 60.8 Å². The molecule has 1 saturated heterocycles. The number of thiocarbonyl (C=S) groups is 1. The molecule has 2 heterocycles. The molecular weight excluding hydrogens is 432 g/mol. The van der Waals surface area contributed by atoms with Gasteiger partial charge in [-0.15, -0.1) is 0 Å². The average Bonchev–Trinajstić information content (AvgIpc) is 3.37. The maximum absolute atomic E-state index is 13.6. The Labute approximate surface area is 198 Å². The number of benzene rings is 2. The maximum atomic E-state index is 13.6. The van der Waals surface area contributed by atoms with Gasteiger partial charge in [-0.25, -0.2) is 0 Å². The SMILES string of the molecule is CC1CCC(N2C(=S)N(c3ccccc3)C(=O)C2CC(=O)Nc2ccc3cc[nH]c3c2)CC1. The summed E-state index contributed by atoms with van der Waals surface area (Å²) < 4.78 is 0. The summed E-state index contributed by atoms with van der Waals surface area (Å²) in [6.45, 7) is 2.27. The van der Waals surface area contributed by atoms with Gasteiger partial charge in [0.15, 0.2) is 5.11 Å². The molecule has 1 saturated carbocycles. The third kappa shape index (κ3) is 4.25. The molecule has 1 unspecified atom stereocenters. The summed E-state index contributed by atoms with van der Waals surface area (Å²) in [5, 5.41) is 4.57. The van der Waals surface area contributed by atoms with E-state index >= 15 is 0 Å². The number of carbonyl (C=O) groups excluding carboxylic acids is 2. The monoisotopic (exact) mass is 460 g/mol. The Hall–Kier alpha value is -3.19. The number of para-hydroxylation sites is 1. The van der Waals surface area contributed by atoms with Gasteiger partial charge in [0, 0.05) is 23.4 Å². The van der Waals surface area contributed by atoms with E-state index in [2.05, 4.69) is 17.2 Å². The van der Waals surface area contributed by atoms with Crippen LogP contribution in [0, 0.1) is 5.92 Å². The predicted octanol–water partition coefficient (Wildman–Crippen LogP) is 5.08. The van der Waals surface area contributed by atoms with E-state index in [1.807, 2.05) is 65.7 Å². The number of hydrogen-bond donors (Lipinski definition) is 2. The van der Waals surface area contributed by atoms with Crippen molar-refractivity contribution in [3.63, 3.8) is 0 Å². The summed E-state index contributed by atoms with van der Waals surface area (Å²) in [6, 6.07) is 16.8.